The molecule has 0 bridgehead atoms. The van der Waals surface area contributed by atoms with E-state index in [9.17, 15) is 14.0 Å². The van der Waals surface area contributed by atoms with Crippen LogP contribution < -0.4 is 15.5 Å². The fourth-order valence-corrected chi connectivity index (χ4v) is 4.05. The van der Waals surface area contributed by atoms with Gasteiger partial charge in [0.15, 0.2) is 0 Å². The molecule has 33 heavy (non-hydrogen) atoms. The first kappa shape index (κ1) is 22.7. The minimum absolute atomic E-state index is 0.0769. The molecule has 1 unspecified atom stereocenters. The van der Waals surface area contributed by atoms with Gasteiger partial charge in [-0.3, -0.25) is 9.59 Å². The number of benzene rings is 3. The molecule has 1 amide bonds. The maximum Gasteiger partial charge on any atom is 0.228 e. The fraction of sp³-hybridized carbons (Fsp3) is 0.259. The molecular weight excluding hydrogens is 417 g/mol. The van der Waals surface area contributed by atoms with Crippen molar-refractivity contribution in [2.45, 2.75) is 25.8 Å². The van der Waals surface area contributed by atoms with Crippen LogP contribution in [0, 0.1) is 5.82 Å². The van der Waals surface area contributed by atoms with E-state index in [-0.39, 0.29) is 23.9 Å². The third-order valence-corrected chi connectivity index (χ3v) is 5.84. The van der Waals surface area contributed by atoms with Crippen molar-refractivity contribution < 1.29 is 14.0 Å². The average molecular weight is 446 g/mol. The second-order valence-corrected chi connectivity index (χ2v) is 8.49. The van der Waals surface area contributed by atoms with Crippen molar-refractivity contribution >= 4 is 23.1 Å². The number of anilines is 2. The van der Waals surface area contributed by atoms with Crippen LogP contribution in [0.1, 0.15) is 18.9 Å². The van der Waals surface area contributed by atoms with E-state index in [0.717, 1.165) is 47.6 Å². The normalized spacial score (nSPS) is 15.5. The van der Waals surface area contributed by atoms with Crippen LogP contribution in [0.2, 0.25) is 0 Å². The molecule has 1 fully saturated rings. The number of rotatable bonds is 8. The Morgan fingerprint density at radius 2 is 1.58 bits per heavy atom. The zero-order valence-corrected chi connectivity index (χ0v) is 18.7. The molecule has 0 aliphatic carbocycles. The summed E-state index contributed by atoms with van der Waals surface area (Å²) in [6, 6.07) is 22.3. The molecule has 4 rings (SSSR count). The molecule has 3 aromatic rings. The van der Waals surface area contributed by atoms with Gasteiger partial charge in [-0.15, -0.1) is 0 Å². The van der Waals surface area contributed by atoms with Gasteiger partial charge in [-0.2, -0.15) is 0 Å². The van der Waals surface area contributed by atoms with Crippen LogP contribution in [-0.4, -0.2) is 37.4 Å². The summed E-state index contributed by atoms with van der Waals surface area (Å²) < 4.78 is 13.1. The van der Waals surface area contributed by atoms with E-state index in [0.29, 0.717) is 12.6 Å². The van der Waals surface area contributed by atoms with E-state index in [4.69, 9.17) is 0 Å². The van der Waals surface area contributed by atoms with Crippen LogP contribution in [0.5, 0.6) is 0 Å². The van der Waals surface area contributed by atoms with Gasteiger partial charge in [0.1, 0.15) is 11.6 Å². The molecule has 0 saturated carbocycles. The van der Waals surface area contributed by atoms with E-state index >= 15 is 0 Å². The molecule has 1 atom stereocenters. The van der Waals surface area contributed by atoms with Crippen molar-refractivity contribution in [3.05, 3.63) is 84.2 Å². The summed E-state index contributed by atoms with van der Waals surface area (Å²) in [5.41, 5.74) is 4.70. The van der Waals surface area contributed by atoms with Gasteiger partial charge in [0.25, 0.3) is 0 Å². The van der Waals surface area contributed by atoms with Crippen molar-refractivity contribution in [3.8, 4) is 11.1 Å². The SMILES string of the molecule is CC(=O)CNC1CCN(c2ccc(NC(=O)Cc3ccc(-c4ccc(F)cc4)cc3)cc2)C1. The molecule has 6 heteroatoms. The maximum absolute atomic E-state index is 13.1. The van der Waals surface area contributed by atoms with Gasteiger partial charge in [0.05, 0.1) is 13.0 Å². The van der Waals surface area contributed by atoms with Crippen molar-refractivity contribution in [1.82, 2.24) is 5.32 Å². The second kappa shape index (κ2) is 10.4. The first-order valence-electron chi connectivity index (χ1n) is 11.2. The Morgan fingerprint density at radius 1 is 0.939 bits per heavy atom. The number of carbonyl (C=O) groups excluding carboxylic acids is 2. The van der Waals surface area contributed by atoms with Crippen molar-refractivity contribution in [1.29, 1.82) is 0 Å². The van der Waals surface area contributed by atoms with Crippen molar-refractivity contribution in [2.75, 3.05) is 29.9 Å². The lowest BCUT2D eigenvalue weighted by atomic mass is 10.0. The first-order valence-corrected chi connectivity index (χ1v) is 11.2. The molecule has 1 aliphatic rings. The molecule has 2 N–H and O–H groups in total. The van der Waals surface area contributed by atoms with Crippen molar-refractivity contribution in [3.63, 3.8) is 0 Å². The second-order valence-electron chi connectivity index (χ2n) is 8.49. The maximum atomic E-state index is 13.1. The predicted octanol–water partition coefficient (Wildman–Crippen LogP) is 4.43. The Labute approximate surface area is 193 Å². The summed E-state index contributed by atoms with van der Waals surface area (Å²) >= 11 is 0. The Morgan fingerprint density at radius 3 is 2.21 bits per heavy atom. The minimum atomic E-state index is -0.258. The van der Waals surface area contributed by atoms with Crippen LogP contribution in [0.15, 0.2) is 72.8 Å². The lowest BCUT2D eigenvalue weighted by Crippen LogP contribution is -2.35. The lowest BCUT2D eigenvalue weighted by molar-refractivity contribution is -0.116. The van der Waals surface area contributed by atoms with Crippen molar-refractivity contribution in [2.24, 2.45) is 0 Å². The standard InChI is InChI=1S/C27H28FN3O2/c1-19(32)17-29-25-14-15-31(18-25)26-12-10-24(11-13-26)30-27(33)16-20-2-4-21(5-3-20)22-6-8-23(28)9-7-22/h2-13,25,29H,14-18H2,1H3,(H,30,33). The van der Waals surface area contributed by atoms with Gasteiger partial charge in [-0.05, 0) is 66.4 Å². The molecule has 0 spiro atoms. The number of hydrogen-bond donors (Lipinski definition) is 2. The van der Waals surface area contributed by atoms with E-state index in [2.05, 4.69) is 15.5 Å². The van der Waals surface area contributed by atoms with Crippen LogP contribution in [0.4, 0.5) is 15.8 Å². The largest absolute Gasteiger partial charge is 0.370 e. The Hall–Kier alpha value is -3.51. The zero-order valence-electron chi connectivity index (χ0n) is 18.7. The predicted molar refractivity (Wildman–Crippen MR) is 130 cm³/mol. The van der Waals surface area contributed by atoms with Gasteiger partial charge < -0.3 is 15.5 Å². The molecular formula is C27H28FN3O2. The fourth-order valence-electron chi connectivity index (χ4n) is 4.05. The summed E-state index contributed by atoms with van der Waals surface area (Å²) in [5, 5.41) is 6.25. The highest BCUT2D eigenvalue weighted by molar-refractivity contribution is 5.92. The van der Waals surface area contributed by atoms with E-state index < -0.39 is 0 Å². The lowest BCUT2D eigenvalue weighted by Gasteiger charge is -2.19. The van der Waals surface area contributed by atoms with Crippen LogP contribution in [0.25, 0.3) is 11.1 Å². The smallest absolute Gasteiger partial charge is 0.228 e. The number of halogens is 1. The Kier molecular flexibility index (Phi) is 7.15. The average Bonchev–Trinajstić information content (AvgIpc) is 3.28. The van der Waals surface area contributed by atoms with Crippen LogP contribution >= 0.6 is 0 Å². The third kappa shape index (κ3) is 6.26. The minimum Gasteiger partial charge on any atom is -0.370 e. The molecule has 1 saturated heterocycles. The summed E-state index contributed by atoms with van der Waals surface area (Å²) in [6.07, 6.45) is 1.28. The number of nitrogens with one attached hydrogen (secondary N) is 2. The number of Topliss-reactive ketones (excluding diaryl/α,β-unsaturated/α-hetero) is 1. The summed E-state index contributed by atoms with van der Waals surface area (Å²) in [4.78, 5) is 25.9. The molecule has 5 nitrogen and oxygen atoms in total. The number of nitrogens with zero attached hydrogens (tertiary/aromatic N) is 1. The van der Waals surface area contributed by atoms with Crippen LogP contribution in [0.3, 0.4) is 0 Å². The molecule has 1 heterocycles. The van der Waals surface area contributed by atoms with Gasteiger partial charge in [-0.25, -0.2) is 4.39 Å². The molecule has 170 valence electrons. The van der Waals surface area contributed by atoms with Crippen LogP contribution in [-0.2, 0) is 16.0 Å². The van der Waals surface area contributed by atoms with E-state index in [1.165, 1.54) is 12.1 Å². The molecule has 0 radical (unpaired) electrons. The highest BCUT2D eigenvalue weighted by atomic mass is 19.1. The Bertz CT molecular complexity index is 1100. The summed E-state index contributed by atoms with van der Waals surface area (Å²) in [5.74, 6) is -0.185. The first-order chi connectivity index (χ1) is 16.0. The molecule has 3 aromatic carbocycles. The highest BCUT2D eigenvalue weighted by Crippen LogP contribution is 2.23. The van der Waals surface area contributed by atoms with Gasteiger partial charge in [-0.1, -0.05) is 36.4 Å². The van der Waals surface area contributed by atoms with E-state index in [1.807, 2.05) is 48.5 Å². The number of carbonyl (C=O) groups is 2. The third-order valence-electron chi connectivity index (χ3n) is 5.84. The molecule has 1 aliphatic heterocycles. The number of amides is 1. The summed E-state index contributed by atoms with van der Waals surface area (Å²) in [7, 11) is 0. The van der Waals surface area contributed by atoms with E-state index in [1.54, 1.807) is 19.1 Å². The summed E-state index contributed by atoms with van der Waals surface area (Å²) in [6.45, 7) is 3.82. The Balaban J connectivity index is 1.28. The highest BCUT2D eigenvalue weighted by Gasteiger charge is 2.22. The number of ketones is 1. The monoisotopic (exact) mass is 445 g/mol. The quantitative estimate of drug-likeness (QED) is 0.539. The van der Waals surface area contributed by atoms with Gasteiger partial charge in [0.2, 0.25) is 5.91 Å². The number of hydrogen-bond acceptors (Lipinski definition) is 4. The topological polar surface area (TPSA) is 61.4 Å². The van der Waals surface area contributed by atoms with Gasteiger partial charge in [0, 0.05) is 30.5 Å². The zero-order chi connectivity index (χ0) is 23.2. The van der Waals surface area contributed by atoms with Gasteiger partial charge >= 0.3 is 0 Å². The molecule has 0 aromatic heterocycles.